The molecule has 6 heteroatoms. The van der Waals surface area contributed by atoms with Crippen LogP contribution in [0.1, 0.15) is 52.0 Å². The third kappa shape index (κ3) is 2.96. The average Bonchev–Trinajstić information content (AvgIpc) is 2.99. The lowest BCUT2D eigenvalue weighted by Gasteiger charge is -2.44. The van der Waals surface area contributed by atoms with Crippen molar-refractivity contribution in [3.8, 4) is 0 Å². The van der Waals surface area contributed by atoms with Gasteiger partial charge in [0.2, 0.25) is 0 Å². The Kier molecular flexibility index (Phi) is 4.59. The second-order valence-electron chi connectivity index (χ2n) is 8.01. The van der Waals surface area contributed by atoms with Gasteiger partial charge in [-0.05, 0) is 92.4 Å². The van der Waals surface area contributed by atoms with Gasteiger partial charge in [-0.25, -0.2) is 0 Å². The molecule has 5 rings (SSSR count). The van der Waals surface area contributed by atoms with Crippen LogP contribution in [0.15, 0.2) is 51.4 Å². The fourth-order valence-electron chi connectivity index (χ4n) is 5.03. The number of aromatic amines is 1. The van der Waals surface area contributed by atoms with Crippen molar-refractivity contribution in [2.75, 3.05) is 5.32 Å². The first-order chi connectivity index (χ1) is 14.0. The van der Waals surface area contributed by atoms with Gasteiger partial charge in [-0.1, -0.05) is 24.3 Å². The van der Waals surface area contributed by atoms with E-state index in [9.17, 15) is 0 Å². The van der Waals surface area contributed by atoms with Gasteiger partial charge >= 0.3 is 0 Å². The Morgan fingerprint density at radius 1 is 1.10 bits per heavy atom. The van der Waals surface area contributed by atoms with Gasteiger partial charge in [-0.15, -0.1) is 0 Å². The molecule has 2 aliphatic rings. The fraction of sp³-hybridized carbons (Fsp3) is 0.261. The van der Waals surface area contributed by atoms with Crippen molar-refractivity contribution < 1.29 is 0 Å². The van der Waals surface area contributed by atoms with Crippen LogP contribution in [0.25, 0.3) is 0 Å². The summed E-state index contributed by atoms with van der Waals surface area (Å²) in [5.74, 6) is 0.790. The summed E-state index contributed by atoms with van der Waals surface area (Å²) in [7, 11) is 0. The highest BCUT2D eigenvalue weighted by Gasteiger charge is 2.42. The molecule has 0 fully saturated rings. The van der Waals surface area contributed by atoms with Crippen molar-refractivity contribution in [3.05, 3.63) is 85.1 Å². The number of rotatable bonds is 2. The summed E-state index contributed by atoms with van der Waals surface area (Å²) in [6.07, 6.45) is 2.18. The van der Waals surface area contributed by atoms with Crippen LogP contribution < -0.4 is 11.1 Å². The maximum absolute atomic E-state index is 7.90. The summed E-state index contributed by atoms with van der Waals surface area (Å²) in [5, 5.41) is 11.7. The highest BCUT2D eigenvalue weighted by atomic mass is 79.9. The van der Waals surface area contributed by atoms with E-state index in [1.165, 1.54) is 22.4 Å². The molecule has 148 valence electrons. The summed E-state index contributed by atoms with van der Waals surface area (Å²) in [4.78, 5) is 3.59. The van der Waals surface area contributed by atoms with E-state index in [2.05, 4.69) is 85.5 Å². The summed E-state index contributed by atoms with van der Waals surface area (Å²) in [6.45, 7) is 2.09. The molecular formula is C23H22Br2N4. The zero-order chi connectivity index (χ0) is 20.3. The van der Waals surface area contributed by atoms with Gasteiger partial charge in [0.15, 0.2) is 0 Å². The molecule has 0 bridgehead atoms. The number of hydrogen-bond donors (Lipinski definition) is 4. The van der Waals surface area contributed by atoms with Crippen LogP contribution in [-0.2, 0) is 6.42 Å². The minimum Gasteiger partial charge on any atom is -0.384 e. The fourth-order valence-corrected chi connectivity index (χ4v) is 5.99. The van der Waals surface area contributed by atoms with Gasteiger partial charge in [0.1, 0.15) is 5.84 Å². The van der Waals surface area contributed by atoms with E-state index in [1.807, 2.05) is 6.07 Å². The van der Waals surface area contributed by atoms with E-state index in [0.717, 1.165) is 38.7 Å². The van der Waals surface area contributed by atoms with Gasteiger partial charge in [-0.2, -0.15) is 0 Å². The highest BCUT2D eigenvalue weighted by Crippen LogP contribution is 2.54. The number of aromatic nitrogens is 1. The van der Waals surface area contributed by atoms with Crippen molar-refractivity contribution in [2.24, 2.45) is 11.7 Å². The Morgan fingerprint density at radius 2 is 1.90 bits per heavy atom. The normalized spacial score (nSPS) is 22.2. The molecule has 0 radical (unpaired) electrons. The number of H-pyrrole nitrogens is 1. The quantitative estimate of drug-likeness (QED) is 0.251. The Morgan fingerprint density at radius 3 is 2.62 bits per heavy atom. The Hall–Kier alpha value is -2.05. The minimum absolute atomic E-state index is 0.113. The first kappa shape index (κ1) is 18.9. The van der Waals surface area contributed by atoms with Crippen molar-refractivity contribution in [3.63, 3.8) is 0 Å². The number of nitrogens with one attached hydrogen (secondary N) is 3. The average molecular weight is 514 g/mol. The van der Waals surface area contributed by atoms with Crippen molar-refractivity contribution in [1.29, 1.82) is 5.41 Å². The number of amidine groups is 1. The van der Waals surface area contributed by atoms with Crippen LogP contribution in [0.2, 0.25) is 0 Å². The Labute approximate surface area is 187 Å². The predicted molar refractivity (Wildman–Crippen MR) is 125 cm³/mol. The summed E-state index contributed by atoms with van der Waals surface area (Å²) in [6, 6.07) is 15.1. The number of benzene rings is 2. The minimum atomic E-state index is 0.113. The monoisotopic (exact) mass is 512 g/mol. The lowest BCUT2D eigenvalue weighted by molar-refractivity contribution is 0.343. The highest BCUT2D eigenvalue weighted by molar-refractivity contribution is 9.13. The molecule has 1 aliphatic heterocycles. The van der Waals surface area contributed by atoms with Crippen molar-refractivity contribution >= 4 is 43.4 Å². The molecular weight excluding hydrogens is 492 g/mol. The van der Waals surface area contributed by atoms with E-state index in [1.54, 1.807) is 0 Å². The molecule has 3 unspecified atom stereocenters. The Balaban J connectivity index is 1.72. The zero-order valence-corrected chi connectivity index (χ0v) is 19.2. The molecule has 0 spiro atoms. The molecule has 2 heterocycles. The maximum atomic E-state index is 7.90. The van der Waals surface area contributed by atoms with Crippen LogP contribution >= 0.6 is 31.9 Å². The largest absolute Gasteiger partial charge is 0.384 e. The summed E-state index contributed by atoms with van der Waals surface area (Å²) < 4.78 is 2.17. The second kappa shape index (κ2) is 7.03. The third-order valence-electron chi connectivity index (χ3n) is 6.39. The molecule has 3 atom stereocenters. The van der Waals surface area contributed by atoms with Gasteiger partial charge in [0, 0.05) is 22.9 Å². The molecule has 4 nitrogen and oxygen atoms in total. The number of aryl methyl sites for hydroxylation is 2. The van der Waals surface area contributed by atoms with Gasteiger partial charge in [-0.3, -0.25) is 5.41 Å². The molecule has 0 saturated heterocycles. The van der Waals surface area contributed by atoms with E-state index in [0.29, 0.717) is 5.92 Å². The number of halogens is 2. The topological polar surface area (TPSA) is 77.7 Å². The SMILES string of the molecule is Cc1[nH]c(C2Nc3ccc(C(=N)N)cc3C3c4ccccc4CCC23)c(Br)c1Br. The molecule has 0 saturated carbocycles. The van der Waals surface area contributed by atoms with Gasteiger partial charge in [0.25, 0.3) is 0 Å². The predicted octanol–water partition coefficient (Wildman–Crippen LogP) is 5.99. The summed E-state index contributed by atoms with van der Waals surface area (Å²) in [5.41, 5.74) is 14.1. The lowest BCUT2D eigenvalue weighted by Crippen LogP contribution is -2.36. The van der Waals surface area contributed by atoms with E-state index >= 15 is 0 Å². The van der Waals surface area contributed by atoms with Gasteiger partial charge in [0.05, 0.1) is 20.7 Å². The first-order valence-corrected chi connectivity index (χ1v) is 11.4. The van der Waals surface area contributed by atoms with Crippen LogP contribution in [0.3, 0.4) is 0 Å². The van der Waals surface area contributed by atoms with Crippen LogP contribution in [-0.4, -0.2) is 10.8 Å². The molecule has 3 aromatic rings. The number of anilines is 1. The molecule has 1 aromatic heterocycles. The van der Waals surface area contributed by atoms with Crippen LogP contribution in [0.5, 0.6) is 0 Å². The van der Waals surface area contributed by atoms with Crippen molar-refractivity contribution in [1.82, 2.24) is 4.98 Å². The van der Waals surface area contributed by atoms with Crippen LogP contribution in [0.4, 0.5) is 5.69 Å². The van der Waals surface area contributed by atoms with Gasteiger partial charge < -0.3 is 16.0 Å². The zero-order valence-electron chi connectivity index (χ0n) is 16.0. The van der Waals surface area contributed by atoms with E-state index < -0.39 is 0 Å². The maximum Gasteiger partial charge on any atom is 0.122 e. The van der Waals surface area contributed by atoms with Crippen LogP contribution in [0, 0.1) is 18.3 Å². The molecule has 5 N–H and O–H groups in total. The molecule has 2 aromatic carbocycles. The number of fused-ring (bicyclic) bond motifs is 5. The van der Waals surface area contributed by atoms with E-state index in [4.69, 9.17) is 11.1 Å². The second-order valence-corrected chi connectivity index (χ2v) is 9.59. The molecule has 29 heavy (non-hydrogen) atoms. The number of hydrogen-bond acceptors (Lipinski definition) is 2. The first-order valence-electron chi connectivity index (χ1n) is 9.82. The smallest absolute Gasteiger partial charge is 0.122 e. The lowest BCUT2D eigenvalue weighted by atomic mass is 9.66. The third-order valence-corrected chi connectivity index (χ3v) is 8.74. The molecule has 1 aliphatic carbocycles. The van der Waals surface area contributed by atoms with E-state index in [-0.39, 0.29) is 17.8 Å². The number of nitrogens with two attached hydrogens (primary N) is 1. The summed E-state index contributed by atoms with van der Waals surface area (Å²) >= 11 is 7.49. The Bertz CT molecular complexity index is 1130. The number of nitrogen functional groups attached to an aromatic ring is 1. The standard InChI is InChI=1S/C23H22Br2N4/c1-11-19(24)20(25)22(28-11)21-15-8-6-12-4-2-3-5-14(12)18(15)16-10-13(23(26)27)7-9-17(16)29-21/h2-5,7,9-10,15,18,21,28-29H,6,8H2,1H3,(H3,26,27). The van der Waals surface area contributed by atoms with Crippen molar-refractivity contribution in [2.45, 2.75) is 31.7 Å². The molecule has 0 amide bonds.